The zero-order valence-electron chi connectivity index (χ0n) is 17.7. The minimum absolute atomic E-state index is 0.167. The number of fused-ring (bicyclic) bond motifs is 3. The summed E-state index contributed by atoms with van der Waals surface area (Å²) in [4.78, 5) is 7.19. The van der Waals surface area contributed by atoms with Crippen LogP contribution in [-0.4, -0.2) is 54.4 Å². The van der Waals surface area contributed by atoms with E-state index in [9.17, 15) is 5.11 Å². The highest BCUT2D eigenvalue weighted by molar-refractivity contribution is 5.45. The van der Waals surface area contributed by atoms with Crippen LogP contribution in [0, 0.1) is 18.3 Å². The van der Waals surface area contributed by atoms with Gasteiger partial charge in [0.2, 0.25) is 0 Å². The molecule has 2 unspecified atom stereocenters. The number of hydrogen-bond acceptors (Lipinski definition) is 5. The lowest BCUT2D eigenvalue weighted by Gasteiger charge is -2.54. The van der Waals surface area contributed by atoms with Crippen LogP contribution in [0.4, 0.5) is 5.82 Å². The first-order valence-electron chi connectivity index (χ1n) is 10.9. The van der Waals surface area contributed by atoms with E-state index in [1.54, 1.807) is 7.11 Å². The number of ether oxygens (including phenoxy) is 1. The molecule has 0 spiro atoms. The van der Waals surface area contributed by atoms with Gasteiger partial charge in [0, 0.05) is 32.2 Å². The van der Waals surface area contributed by atoms with Crippen LogP contribution in [0.1, 0.15) is 36.1 Å². The number of benzene rings is 1. The predicted molar refractivity (Wildman–Crippen MR) is 119 cm³/mol. The molecule has 5 rings (SSSR count). The Hall–Kier alpha value is -2.39. The fourth-order valence-electron chi connectivity index (χ4n) is 5.02. The van der Waals surface area contributed by atoms with Crippen molar-refractivity contribution in [2.24, 2.45) is 5.92 Å². The monoisotopic (exact) mass is 405 g/mol. The van der Waals surface area contributed by atoms with E-state index in [-0.39, 0.29) is 12.0 Å². The van der Waals surface area contributed by atoms with Gasteiger partial charge in [-0.3, -0.25) is 4.90 Å². The molecule has 4 heterocycles. The third kappa shape index (κ3) is 3.96. The summed E-state index contributed by atoms with van der Waals surface area (Å²) in [7, 11) is 1.71. The van der Waals surface area contributed by atoms with Crippen molar-refractivity contribution in [1.29, 1.82) is 0 Å². The maximum Gasteiger partial charge on any atom is 0.126 e. The van der Waals surface area contributed by atoms with Crippen molar-refractivity contribution in [2.45, 2.75) is 37.3 Å². The summed E-state index contributed by atoms with van der Waals surface area (Å²) >= 11 is 0. The summed E-state index contributed by atoms with van der Waals surface area (Å²) in [5, 5.41) is 15.4. The second-order valence-electron chi connectivity index (χ2n) is 8.33. The van der Waals surface area contributed by atoms with E-state index in [2.05, 4.69) is 28.3 Å². The third-order valence-electron chi connectivity index (χ3n) is 6.54. The van der Waals surface area contributed by atoms with Gasteiger partial charge in [-0.15, -0.1) is 6.42 Å². The summed E-state index contributed by atoms with van der Waals surface area (Å²) in [6, 6.07) is 14.0. The van der Waals surface area contributed by atoms with Crippen LogP contribution < -0.4 is 5.32 Å². The second kappa shape index (κ2) is 9.18. The van der Waals surface area contributed by atoms with Crippen LogP contribution in [0.2, 0.25) is 0 Å². The largest absolute Gasteiger partial charge is 0.385 e. The lowest BCUT2D eigenvalue weighted by Crippen LogP contribution is -2.63. The number of anilines is 1. The van der Waals surface area contributed by atoms with Gasteiger partial charge in [-0.2, -0.15) is 0 Å². The number of nitrogens with zero attached hydrogens (tertiary/aromatic N) is 2. The quantitative estimate of drug-likeness (QED) is 0.522. The Morgan fingerprint density at radius 3 is 2.70 bits per heavy atom. The molecule has 0 amide bonds. The van der Waals surface area contributed by atoms with Crippen molar-refractivity contribution >= 4 is 5.82 Å². The molecule has 3 fully saturated rings. The molecule has 5 nitrogen and oxygen atoms in total. The molecule has 2 atom stereocenters. The number of aromatic nitrogens is 1. The Balaban J connectivity index is 1.70. The van der Waals surface area contributed by atoms with Gasteiger partial charge in [-0.1, -0.05) is 42.3 Å². The van der Waals surface area contributed by atoms with Gasteiger partial charge in [0.25, 0.3) is 0 Å². The Bertz CT molecular complexity index is 887. The summed E-state index contributed by atoms with van der Waals surface area (Å²) in [6.45, 7) is 3.42. The molecule has 3 aliphatic heterocycles. The summed E-state index contributed by atoms with van der Waals surface area (Å²) in [5.41, 5.74) is 1.89. The van der Waals surface area contributed by atoms with Gasteiger partial charge in [0.15, 0.2) is 0 Å². The Morgan fingerprint density at radius 2 is 2.00 bits per heavy atom. The first-order valence-corrected chi connectivity index (χ1v) is 10.9. The molecule has 0 radical (unpaired) electrons. The SMILES string of the molecule is C#CC1N2CCC(CC2)C1(O)c1ccc(NCCCOC)nc1Cc1ccccc1. The zero-order chi connectivity index (χ0) is 21.0. The first-order chi connectivity index (χ1) is 14.7. The van der Waals surface area contributed by atoms with Crippen molar-refractivity contribution in [3.05, 3.63) is 59.3 Å². The van der Waals surface area contributed by atoms with E-state index in [4.69, 9.17) is 16.1 Å². The van der Waals surface area contributed by atoms with Crippen LogP contribution >= 0.6 is 0 Å². The van der Waals surface area contributed by atoms with Crippen molar-refractivity contribution in [3.8, 4) is 12.3 Å². The average Bonchev–Trinajstić information content (AvgIpc) is 2.78. The molecular formula is C25H31N3O2. The minimum Gasteiger partial charge on any atom is -0.385 e. The molecular weight excluding hydrogens is 374 g/mol. The standard InChI is InChI=1S/C25H31N3O2/c1-3-23-25(29,20-12-15-28(23)16-13-20)21-10-11-24(26-14-7-17-30-2)27-22(21)18-19-8-5-4-6-9-19/h1,4-6,8-11,20,23,29H,7,12-18H2,2H3,(H,26,27). The van der Waals surface area contributed by atoms with Crippen LogP contribution in [0.15, 0.2) is 42.5 Å². The number of aliphatic hydroxyl groups is 1. The zero-order valence-corrected chi connectivity index (χ0v) is 17.7. The number of rotatable bonds is 8. The lowest BCUT2D eigenvalue weighted by atomic mass is 9.66. The molecule has 2 aromatic rings. The van der Waals surface area contributed by atoms with Crippen molar-refractivity contribution in [3.63, 3.8) is 0 Å². The third-order valence-corrected chi connectivity index (χ3v) is 6.54. The van der Waals surface area contributed by atoms with Gasteiger partial charge in [0.05, 0.1) is 5.69 Å². The summed E-state index contributed by atoms with van der Waals surface area (Å²) < 4.78 is 5.13. The van der Waals surface area contributed by atoms with E-state index in [0.717, 1.165) is 56.0 Å². The molecule has 158 valence electrons. The highest BCUT2D eigenvalue weighted by Crippen LogP contribution is 2.47. The Morgan fingerprint density at radius 1 is 1.23 bits per heavy atom. The van der Waals surface area contributed by atoms with Gasteiger partial charge < -0.3 is 15.2 Å². The maximum atomic E-state index is 12.0. The molecule has 1 aromatic carbocycles. The number of methoxy groups -OCH3 is 1. The van der Waals surface area contributed by atoms with E-state index < -0.39 is 5.60 Å². The van der Waals surface area contributed by atoms with E-state index >= 15 is 0 Å². The van der Waals surface area contributed by atoms with Gasteiger partial charge in [-0.25, -0.2) is 4.98 Å². The fraction of sp³-hybridized carbons (Fsp3) is 0.480. The van der Waals surface area contributed by atoms with Crippen LogP contribution in [0.25, 0.3) is 0 Å². The maximum absolute atomic E-state index is 12.0. The normalized spacial score (nSPS) is 27.6. The Labute approximate surface area is 179 Å². The molecule has 2 N–H and O–H groups in total. The highest BCUT2D eigenvalue weighted by atomic mass is 16.5. The van der Waals surface area contributed by atoms with E-state index in [1.807, 2.05) is 30.3 Å². The van der Waals surface area contributed by atoms with Gasteiger partial charge in [-0.05, 0) is 49.9 Å². The smallest absolute Gasteiger partial charge is 0.126 e. The molecule has 3 aliphatic rings. The molecule has 2 bridgehead atoms. The topological polar surface area (TPSA) is 57.6 Å². The van der Waals surface area contributed by atoms with Gasteiger partial charge in [0.1, 0.15) is 17.5 Å². The lowest BCUT2D eigenvalue weighted by molar-refractivity contribution is -0.143. The predicted octanol–water partition coefficient (Wildman–Crippen LogP) is 3.04. The summed E-state index contributed by atoms with van der Waals surface area (Å²) in [5.74, 6) is 3.89. The van der Waals surface area contributed by atoms with Crippen molar-refractivity contribution in [2.75, 3.05) is 38.7 Å². The molecule has 0 aliphatic carbocycles. The Kier molecular flexibility index (Phi) is 6.38. The molecule has 1 aromatic heterocycles. The second-order valence-corrected chi connectivity index (χ2v) is 8.33. The number of pyridine rings is 1. The number of nitrogens with one attached hydrogen (secondary N) is 1. The number of hydrogen-bond donors (Lipinski definition) is 2. The van der Waals surface area contributed by atoms with Crippen molar-refractivity contribution < 1.29 is 9.84 Å². The number of terminal acetylenes is 1. The molecule has 5 heteroatoms. The highest BCUT2D eigenvalue weighted by Gasteiger charge is 2.54. The van der Waals surface area contributed by atoms with E-state index in [0.29, 0.717) is 13.0 Å². The van der Waals surface area contributed by atoms with Crippen molar-refractivity contribution in [1.82, 2.24) is 9.88 Å². The average molecular weight is 406 g/mol. The van der Waals surface area contributed by atoms with E-state index in [1.165, 1.54) is 5.56 Å². The summed E-state index contributed by atoms with van der Waals surface area (Å²) in [6.07, 6.45) is 9.44. The van der Waals surface area contributed by atoms with Crippen LogP contribution in [0.3, 0.4) is 0 Å². The minimum atomic E-state index is -1.06. The van der Waals surface area contributed by atoms with Gasteiger partial charge >= 0.3 is 0 Å². The van der Waals surface area contributed by atoms with Crippen LogP contribution in [0.5, 0.6) is 0 Å². The van der Waals surface area contributed by atoms with Crippen LogP contribution in [-0.2, 0) is 16.8 Å². The fourth-order valence-corrected chi connectivity index (χ4v) is 5.02. The number of piperidine rings is 3. The first kappa shape index (κ1) is 20.9. The molecule has 3 saturated heterocycles. The molecule has 30 heavy (non-hydrogen) atoms. The molecule has 0 saturated carbocycles.